The number of amidine groups is 1. The molecule has 0 aliphatic carbocycles. The number of aliphatic imine (C=N–C) groups is 1. The number of hydrogen-bond acceptors (Lipinski definition) is 7. The summed E-state index contributed by atoms with van der Waals surface area (Å²) in [4.78, 5) is 48.4. The van der Waals surface area contributed by atoms with E-state index in [1.807, 2.05) is 29.4 Å². The number of piperazine rings is 1. The van der Waals surface area contributed by atoms with E-state index in [-0.39, 0.29) is 24.8 Å². The van der Waals surface area contributed by atoms with Gasteiger partial charge in [-0.3, -0.25) is 9.59 Å². The minimum absolute atomic E-state index is 0.00716. The molecule has 8 nitrogen and oxygen atoms in total. The van der Waals surface area contributed by atoms with Crippen LogP contribution in [-0.2, 0) is 19.1 Å². The minimum Gasteiger partial charge on any atom is -0.458 e. The van der Waals surface area contributed by atoms with Gasteiger partial charge in [-0.2, -0.15) is 0 Å². The van der Waals surface area contributed by atoms with Gasteiger partial charge in [0.2, 0.25) is 11.8 Å². The number of esters is 1. The zero-order valence-electron chi connectivity index (χ0n) is 21.9. The Morgan fingerprint density at radius 1 is 1.14 bits per heavy atom. The van der Waals surface area contributed by atoms with Crippen molar-refractivity contribution < 1.29 is 19.1 Å². The summed E-state index contributed by atoms with van der Waals surface area (Å²) in [6, 6.07) is 7.79. The lowest BCUT2D eigenvalue weighted by Gasteiger charge is -2.38. The molecule has 0 radical (unpaired) electrons. The number of allylic oxidation sites excluding steroid dienone is 1. The molecule has 3 heterocycles. The van der Waals surface area contributed by atoms with Gasteiger partial charge in [-0.1, -0.05) is 62.5 Å². The predicted octanol–water partition coefficient (Wildman–Crippen LogP) is 4.19. The maximum absolute atomic E-state index is 13.3. The van der Waals surface area contributed by atoms with Gasteiger partial charge in [0, 0.05) is 38.8 Å². The number of carbonyl (C=O) groups is 3. The number of nitrogens with zero attached hydrogens (tertiary/aromatic N) is 4. The number of carbonyl (C=O) groups excluding carboxylic acids is 3. The molecule has 1 saturated heterocycles. The monoisotopic (exact) mass is 522 g/mol. The SMILES string of the molecule is C=CCOC(=O)C1=C(C)N=C2SC=C(CC(=O)N3CCN(C(C)=O)CC3)N2[C@@H]1c1ccc(C(C)C)cc1. The molecule has 1 atom stereocenters. The van der Waals surface area contributed by atoms with Crippen molar-refractivity contribution in [2.45, 2.75) is 46.1 Å². The second kappa shape index (κ2) is 11.4. The zero-order valence-corrected chi connectivity index (χ0v) is 22.7. The molecule has 0 aromatic heterocycles. The molecule has 1 aromatic carbocycles. The first-order chi connectivity index (χ1) is 17.7. The summed E-state index contributed by atoms with van der Waals surface area (Å²) in [6.45, 7) is 13.5. The van der Waals surface area contributed by atoms with Gasteiger partial charge in [-0.25, -0.2) is 9.79 Å². The Morgan fingerprint density at radius 2 is 1.78 bits per heavy atom. The van der Waals surface area contributed by atoms with E-state index in [0.717, 1.165) is 16.4 Å². The highest BCUT2D eigenvalue weighted by Gasteiger charge is 2.41. The van der Waals surface area contributed by atoms with Gasteiger partial charge in [0.1, 0.15) is 6.61 Å². The first-order valence-corrected chi connectivity index (χ1v) is 13.4. The molecule has 1 fully saturated rings. The number of benzene rings is 1. The fourth-order valence-electron chi connectivity index (χ4n) is 4.76. The van der Waals surface area contributed by atoms with Crippen LogP contribution in [0.25, 0.3) is 0 Å². The second-order valence-electron chi connectivity index (χ2n) is 9.67. The van der Waals surface area contributed by atoms with Gasteiger partial charge < -0.3 is 19.4 Å². The molecule has 3 aliphatic rings. The first kappa shape index (κ1) is 26.7. The van der Waals surface area contributed by atoms with Gasteiger partial charge >= 0.3 is 5.97 Å². The van der Waals surface area contributed by atoms with Crippen molar-refractivity contribution in [3.63, 3.8) is 0 Å². The van der Waals surface area contributed by atoms with Crippen LogP contribution in [0.1, 0.15) is 57.2 Å². The molecule has 0 N–H and O–H groups in total. The molecule has 2 amide bonds. The van der Waals surface area contributed by atoms with Crippen LogP contribution in [0, 0.1) is 0 Å². The summed E-state index contributed by atoms with van der Waals surface area (Å²) in [5.41, 5.74) is 3.99. The number of fused-ring (bicyclic) bond motifs is 1. The van der Waals surface area contributed by atoms with Crippen LogP contribution in [-0.4, -0.2) is 70.4 Å². The van der Waals surface area contributed by atoms with Crippen LogP contribution in [0.3, 0.4) is 0 Å². The predicted molar refractivity (Wildman–Crippen MR) is 146 cm³/mol. The molecular formula is C28H34N4O4S. The van der Waals surface area contributed by atoms with E-state index in [1.54, 1.807) is 22.8 Å². The van der Waals surface area contributed by atoms with E-state index in [0.29, 0.717) is 43.4 Å². The van der Waals surface area contributed by atoms with Crippen molar-refractivity contribution in [2.75, 3.05) is 32.8 Å². The van der Waals surface area contributed by atoms with Gasteiger partial charge in [0.25, 0.3) is 0 Å². The van der Waals surface area contributed by atoms with E-state index in [1.165, 1.54) is 17.3 Å². The number of amides is 2. The molecule has 1 aromatic rings. The third-order valence-corrected chi connectivity index (χ3v) is 7.77. The summed E-state index contributed by atoms with van der Waals surface area (Å²) >= 11 is 1.46. The molecule has 37 heavy (non-hydrogen) atoms. The molecule has 0 saturated carbocycles. The smallest absolute Gasteiger partial charge is 0.338 e. The maximum Gasteiger partial charge on any atom is 0.338 e. The van der Waals surface area contributed by atoms with E-state index >= 15 is 0 Å². The van der Waals surface area contributed by atoms with E-state index in [4.69, 9.17) is 9.73 Å². The van der Waals surface area contributed by atoms with Crippen molar-refractivity contribution in [1.29, 1.82) is 0 Å². The number of thioether (sulfide) groups is 1. The molecule has 0 unspecified atom stereocenters. The third kappa shape index (κ3) is 5.66. The molecule has 0 bridgehead atoms. The van der Waals surface area contributed by atoms with Crippen molar-refractivity contribution in [2.24, 2.45) is 4.99 Å². The minimum atomic E-state index is -0.463. The second-order valence-corrected chi connectivity index (χ2v) is 10.5. The highest BCUT2D eigenvalue weighted by atomic mass is 32.2. The van der Waals surface area contributed by atoms with Crippen molar-refractivity contribution >= 4 is 34.7 Å². The summed E-state index contributed by atoms with van der Waals surface area (Å²) in [6.07, 6.45) is 1.72. The Hall–Kier alpha value is -3.33. The van der Waals surface area contributed by atoms with Gasteiger partial charge in [-0.15, -0.1) is 0 Å². The fraction of sp³-hybridized carbons (Fsp3) is 0.429. The molecule has 0 spiro atoms. The lowest BCUT2D eigenvalue weighted by atomic mass is 9.92. The highest BCUT2D eigenvalue weighted by Crippen LogP contribution is 2.45. The standard InChI is InChI=1S/C28H34N4O4S/c1-6-15-36-27(35)25-19(4)29-28-32(26(25)22-9-7-21(8-10-22)18(2)3)23(17-37-28)16-24(34)31-13-11-30(12-14-31)20(5)33/h6-10,17-18,26H,1,11-16H2,2-5H3/t26-/m1/s1. The molecular weight excluding hydrogens is 488 g/mol. The number of rotatable bonds is 7. The Bertz CT molecular complexity index is 1180. The molecule has 4 rings (SSSR count). The van der Waals surface area contributed by atoms with Crippen LogP contribution < -0.4 is 0 Å². The Kier molecular flexibility index (Phi) is 8.22. The molecule has 196 valence electrons. The summed E-state index contributed by atoms with van der Waals surface area (Å²) < 4.78 is 5.46. The van der Waals surface area contributed by atoms with Crippen LogP contribution in [0.2, 0.25) is 0 Å². The summed E-state index contributed by atoms with van der Waals surface area (Å²) in [5, 5.41) is 2.68. The quantitative estimate of drug-likeness (QED) is 0.394. The number of ether oxygens (including phenoxy) is 1. The highest BCUT2D eigenvalue weighted by molar-refractivity contribution is 8.16. The summed E-state index contributed by atoms with van der Waals surface area (Å²) in [5.74, 6) is -0.0421. The topological polar surface area (TPSA) is 82.5 Å². The van der Waals surface area contributed by atoms with Crippen LogP contribution in [0.15, 0.2) is 64.3 Å². The first-order valence-electron chi connectivity index (χ1n) is 12.6. The van der Waals surface area contributed by atoms with E-state index in [2.05, 4.69) is 32.6 Å². The van der Waals surface area contributed by atoms with Gasteiger partial charge in [-0.05, 0) is 29.4 Å². The Balaban J connectivity index is 1.62. The average Bonchev–Trinajstić information content (AvgIpc) is 3.28. The van der Waals surface area contributed by atoms with Crippen LogP contribution in [0.5, 0.6) is 0 Å². The van der Waals surface area contributed by atoms with Crippen LogP contribution >= 0.6 is 11.8 Å². The lowest BCUT2D eigenvalue weighted by molar-refractivity contribution is -0.138. The lowest BCUT2D eigenvalue weighted by Crippen LogP contribution is -2.50. The van der Waals surface area contributed by atoms with Crippen LogP contribution in [0.4, 0.5) is 0 Å². The van der Waals surface area contributed by atoms with Gasteiger partial charge in [0.05, 0.1) is 23.7 Å². The Labute approximate surface area is 222 Å². The van der Waals surface area contributed by atoms with Gasteiger partial charge in [0.15, 0.2) is 5.17 Å². The third-order valence-electron chi connectivity index (χ3n) is 6.88. The maximum atomic E-state index is 13.3. The average molecular weight is 523 g/mol. The Morgan fingerprint density at radius 3 is 2.38 bits per heavy atom. The fourth-order valence-corrected chi connectivity index (χ4v) is 5.72. The zero-order chi connectivity index (χ0) is 26.7. The van der Waals surface area contributed by atoms with E-state index in [9.17, 15) is 14.4 Å². The largest absolute Gasteiger partial charge is 0.458 e. The van der Waals surface area contributed by atoms with Crippen molar-refractivity contribution in [3.8, 4) is 0 Å². The van der Waals surface area contributed by atoms with Crippen molar-refractivity contribution in [3.05, 3.63) is 70.4 Å². The molecule has 3 aliphatic heterocycles. The number of hydrogen-bond donors (Lipinski definition) is 0. The normalized spacial score (nSPS) is 19.5. The molecule has 9 heteroatoms. The van der Waals surface area contributed by atoms with E-state index < -0.39 is 12.0 Å². The van der Waals surface area contributed by atoms with Crippen molar-refractivity contribution in [1.82, 2.24) is 14.7 Å². The summed E-state index contributed by atoms with van der Waals surface area (Å²) in [7, 11) is 0.